The molecule has 106 valence electrons. The zero-order valence-corrected chi connectivity index (χ0v) is 11.1. The first-order chi connectivity index (χ1) is 8.88. The molecule has 0 saturated heterocycles. The molecule has 1 unspecified atom stereocenters. The van der Waals surface area contributed by atoms with Crippen molar-refractivity contribution in [1.29, 1.82) is 0 Å². The van der Waals surface area contributed by atoms with Crippen molar-refractivity contribution in [3.8, 4) is 0 Å². The number of carbonyl (C=O) groups excluding carboxylic acids is 1. The maximum Gasteiger partial charge on any atom is 0.434 e. The Morgan fingerprint density at radius 3 is 2.79 bits per heavy atom. The van der Waals surface area contributed by atoms with Crippen molar-refractivity contribution in [1.82, 2.24) is 15.6 Å². The summed E-state index contributed by atoms with van der Waals surface area (Å²) in [6, 6.07) is -0.999. The molecule has 0 aromatic carbocycles. The van der Waals surface area contributed by atoms with Gasteiger partial charge in [0.05, 0.1) is 6.04 Å². The Bertz CT molecular complexity index is 445. The zero-order valence-electron chi connectivity index (χ0n) is 10.3. The van der Waals surface area contributed by atoms with Crippen molar-refractivity contribution in [2.75, 3.05) is 6.54 Å². The SMILES string of the molecule is C=CCNC(=O)NC(CC)c1nc(C(F)(F)F)cs1. The van der Waals surface area contributed by atoms with E-state index in [2.05, 4.69) is 22.2 Å². The van der Waals surface area contributed by atoms with E-state index in [1.807, 2.05) is 0 Å². The summed E-state index contributed by atoms with van der Waals surface area (Å²) in [4.78, 5) is 14.9. The lowest BCUT2D eigenvalue weighted by Gasteiger charge is -2.14. The lowest BCUT2D eigenvalue weighted by atomic mass is 10.2. The van der Waals surface area contributed by atoms with Gasteiger partial charge in [-0.1, -0.05) is 13.0 Å². The lowest BCUT2D eigenvalue weighted by Crippen LogP contribution is -2.37. The predicted octanol–water partition coefficient (Wildman–Crippen LogP) is 3.10. The van der Waals surface area contributed by atoms with Crippen LogP contribution in [0.3, 0.4) is 0 Å². The van der Waals surface area contributed by atoms with Gasteiger partial charge >= 0.3 is 12.2 Å². The molecule has 19 heavy (non-hydrogen) atoms. The molecular formula is C11H14F3N3OS. The van der Waals surface area contributed by atoms with Gasteiger partial charge in [0.1, 0.15) is 5.01 Å². The van der Waals surface area contributed by atoms with Gasteiger partial charge in [-0.15, -0.1) is 17.9 Å². The first kappa shape index (κ1) is 15.5. The molecule has 0 aliphatic carbocycles. The Labute approximate surface area is 112 Å². The monoisotopic (exact) mass is 293 g/mol. The Kier molecular flexibility index (Phi) is 5.34. The van der Waals surface area contributed by atoms with Gasteiger partial charge in [-0.25, -0.2) is 9.78 Å². The third kappa shape index (κ3) is 4.55. The molecule has 4 nitrogen and oxygen atoms in total. The largest absolute Gasteiger partial charge is 0.434 e. The molecule has 1 atom stereocenters. The van der Waals surface area contributed by atoms with E-state index in [1.165, 1.54) is 6.08 Å². The lowest BCUT2D eigenvalue weighted by molar-refractivity contribution is -0.140. The van der Waals surface area contributed by atoms with Crippen molar-refractivity contribution < 1.29 is 18.0 Å². The fraction of sp³-hybridized carbons (Fsp3) is 0.455. The molecular weight excluding hydrogens is 279 g/mol. The van der Waals surface area contributed by atoms with Crippen LogP contribution in [0.2, 0.25) is 0 Å². The summed E-state index contributed by atoms with van der Waals surface area (Å²) in [6.07, 6.45) is -2.50. The number of alkyl halides is 3. The summed E-state index contributed by atoms with van der Waals surface area (Å²) in [7, 11) is 0. The highest BCUT2D eigenvalue weighted by Gasteiger charge is 2.34. The van der Waals surface area contributed by atoms with Gasteiger partial charge in [0.2, 0.25) is 0 Å². The number of nitrogens with zero attached hydrogens (tertiary/aromatic N) is 1. The quantitative estimate of drug-likeness (QED) is 0.820. The van der Waals surface area contributed by atoms with E-state index in [4.69, 9.17) is 0 Å². The summed E-state index contributed by atoms with van der Waals surface area (Å²) in [5, 5.41) is 6.24. The van der Waals surface area contributed by atoms with Gasteiger partial charge in [-0.3, -0.25) is 0 Å². The Balaban J connectivity index is 2.72. The molecule has 0 aliphatic rings. The van der Waals surface area contributed by atoms with Gasteiger partial charge in [0.15, 0.2) is 5.69 Å². The normalized spacial score (nSPS) is 12.8. The van der Waals surface area contributed by atoms with E-state index in [-0.39, 0.29) is 11.6 Å². The number of halogens is 3. The maximum absolute atomic E-state index is 12.4. The standard InChI is InChI=1S/C11H14F3N3OS/c1-3-5-15-10(18)16-7(4-2)9-17-8(6-19-9)11(12,13)14/h3,6-7H,1,4-5H2,2H3,(H2,15,16,18). The van der Waals surface area contributed by atoms with Crippen LogP contribution in [0.4, 0.5) is 18.0 Å². The van der Waals surface area contributed by atoms with E-state index < -0.39 is 23.9 Å². The second kappa shape index (κ2) is 6.55. The van der Waals surface area contributed by atoms with Crippen molar-refractivity contribution in [2.45, 2.75) is 25.6 Å². The molecule has 2 amide bonds. The minimum absolute atomic E-state index is 0.239. The Morgan fingerprint density at radius 1 is 1.63 bits per heavy atom. The van der Waals surface area contributed by atoms with Crippen LogP contribution in [0.15, 0.2) is 18.0 Å². The Morgan fingerprint density at radius 2 is 2.32 bits per heavy atom. The van der Waals surface area contributed by atoms with Crippen molar-refractivity contribution in [3.63, 3.8) is 0 Å². The first-order valence-electron chi connectivity index (χ1n) is 5.56. The highest BCUT2D eigenvalue weighted by molar-refractivity contribution is 7.09. The molecule has 8 heteroatoms. The molecule has 0 bridgehead atoms. The second-order valence-electron chi connectivity index (χ2n) is 3.67. The molecule has 0 radical (unpaired) electrons. The molecule has 0 fully saturated rings. The highest BCUT2D eigenvalue weighted by Crippen LogP contribution is 2.32. The smallest absolute Gasteiger partial charge is 0.335 e. The second-order valence-corrected chi connectivity index (χ2v) is 4.56. The van der Waals surface area contributed by atoms with Gasteiger partial charge in [-0.05, 0) is 6.42 Å². The number of hydrogen-bond donors (Lipinski definition) is 2. The molecule has 1 rings (SSSR count). The summed E-state index contributed by atoms with van der Waals surface area (Å²) < 4.78 is 37.3. The average Bonchev–Trinajstić information content (AvgIpc) is 2.82. The van der Waals surface area contributed by atoms with Crippen LogP contribution in [0.5, 0.6) is 0 Å². The molecule has 1 heterocycles. The number of urea groups is 1. The fourth-order valence-electron chi connectivity index (χ4n) is 1.29. The highest BCUT2D eigenvalue weighted by atomic mass is 32.1. The van der Waals surface area contributed by atoms with Crippen molar-refractivity contribution in [3.05, 3.63) is 28.7 Å². The molecule has 1 aromatic heterocycles. The zero-order chi connectivity index (χ0) is 14.5. The summed E-state index contributed by atoms with van der Waals surface area (Å²) in [5.41, 5.74) is -0.931. The number of nitrogens with one attached hydrogen (secondary N) is 2. The number of carbonyl (C=O) groups is 1. The third-order valence-electron chi connectivity index (χ3n) is 2.23. The number of amides is 2. The number of hydrogen-bond acceptors (Lipinski definition) is 3. The molecule has 1 aromatic rings. The Hall–Kier alpha value is -1.57. The summed E-state index contributed by atoms with van der Waals surface area (Å²) in [5.74, 6) is 0. The van der Waals surface area contributed by atoms with Gasteiger partial charge < -0.3 is 10.6 Å². The van der Waals surface area contributed by atoms with E-state index >= 15 is 0 Å². The van der Waals surface area contributed by atoms with E-state index in [0.717, 1.165) is 16.7 Å². The summed E-state index contributed by atoms with van der Waals surface area (Å²) in [6.45, 7) is 5.49. The first-order valence-corrected chi connectivity index (χ1v) is 6.44. The van der Waals surface area contributed by atoms with Crippen LogP contribution in [-0.4, -0.2) is 17.6 Å². The van der Waals surface area contributed by atoms with Crippen molar-refractivity contribution >= 4 is 17.4 Å². The molecule has 0 saturated carbocycles. The van der Waals surface area contributed by atoms with Crippen LogP contribution >= 0.6 is 11.3 Å². The van der Waals surface area contributed by atoms with Gasteiger partial charge in [0.25, 0.3) is 0 Å². The van der Waals surface area contributed by atoms with Gasteiger partial charge in [0, 0.05) is 11.9 Å². The minimum Gasteiger partial charge on any atom is -0.335 e. The fourth-order valence-corrected chi connectivity index (χ4v) is 2.25. The molecule has 0 spiro atoms. The van der Waals surface area contributed by atoms with Crippen LogP contribution < -0.4 is 10.6 Å². The number of aromatic nitrogens is 1. The maximum atomic E-state index is 12.4. The van der Waals surface area contributed by atoms with Crippen molar-refractivity contribution in [2.24, 2.45) is 0 Å². The van der Waals surface area contributed by atoms with E-state index in [0.29, 0.717) is 6.42 Å². The number of rotatable bonds is 5. The predicted molar refractivity (Wildman–Crippen MR) is 66.9 cm³/mol. The topological polar surface area (TPSA) is 54.0 Å². The summed E-state index contributed by atoms with van der Waals surface area (Å²) >= 11 is 0.881. The van der Waals surface area contributed by atoms with Gasteiger partial charge in [-0.2, -0.15) is 13.2 Å². The number of thiazole rings is 1. The van der Waals surface area contributed by atoms with Crippen LogP contribution in [0.1, 0.15) is 30.1 Å². The van der Waals surface area contributed by atoms with Crippen LogP contribution in [-0.2, 0) is 6.18 Å². The average molecular weight is 293 g/mol. The molecule has 0 aliphatic heterocycles. The van der Waals surface area contributed by atoms with E-state index in [9.17, 15) is 18.0 Å². The minimum atomic E-state index is -4.46. The van der Waals surface area contributed by atoms with Crippen LogP contribution in [0, 0.1) is 0 Å². The van der Waals surface area contributed by atoms with E-state index in [1.54, 1.807) is 6.92 Å². The molecule has 2 N–H and O–H groups in total. The third-order valence-corrected chi connectivity index (χ3v) is 3.19. The van der Waals surface area contributed by atoms with Crippen LogP contribution in [0.25, 0.3) is 0 Å².